The third-order valence-corrected chi connectivity index (χ3v) is 6.37. The molecular weight excluding hydrogens is 464 g/mol. The van der Waals surface area contributed by atoms with Crippen LogP contribution in [-0.2, 0) is 14.4 Å². The number of fused-ring (bicyclic) bond motifs is 1. The molecule has 1 saturated carbocycles. The van der Waals surface area contributed by atoms with Crippen molar-refractivity contribution in [2.75, 3.05) is 26.2 Å². The normalized spacial score (nSPS) is 17.0. The first-order valence-electron chi connectivity index (χ1n) is 12.3. The Hall–Kier alpha value is -3.89. The quantitative estimate of drug-likeness (QED) is 0.287. The lowest BCUT2D eigenvalue weighted by Gasteiger charge is -2.25. The lowest BCUT2D eigenvalue weighted by molar-refractivity contribution is -0.140. The van der Waals surface area contributed by atoms with E-state index in [2.05, 4.69) is 26.3 Å². The van der Waals surface area contributed by atoms with Crippen LogP contribution in [0.5, 0.6) is 0 Å². The fourth-order valence-corrected chi connectivity index (χ4v) is 4.21. The summed E-state index contributed by atoms with van der Waals surface area (Å²) in [6.45, 7) is 4.73. The van der Waals surface area contributed by atoms with Gasteiger partial charge >= 0.3 is 6.03 Å². The van der Waals surface area contributed by atoms with Crippen molar-refractivity contribution in [2.45, 2.75) is 38.8 Å². The molecule has 1 unspecified atom stereocenters. The van der Waals surface area contributed by atoms with Gasteiger partial charge in [0.05, 0.1) is 12.1 Å². The molecule has 2 aromatic rings. The van der Waals surface area contributed by atoms with E-state index in [0.29, 0.717) is 25.2 Å². The predicted molar refractivity (Wildman–Crippen MR) is 132 cm³/mol. The molecule has 0 spiro atoms. The minimum atomic E-state index is -1.24. The van der Waals surface area contributed by atoms with Crippen LogP contribution in [0.15, 0.2) is 30.5 Å². The van der Waals surface area contributed by atoms with Crippen LogP contribution in [0.1, 0.15) is 37.0 Å². The van der Waals surface area contributed by atoms with Crippen molar-refractivity contribution in [3.8, 4) is 0 Å². The second kappa shape index (κ2) is 10.8. The highest BCUT2D eigenvalue weighted by molar-refractivity contribution is 6.38. The number of ketones is 1. The largest absolute Gasteiger partial charge is 0.360 e. The summed E-state index contributed by atoms with van der Waals surface area (Å²) in [5, 5.41) is 11.4. The number of benzene rings is 1. The number of H-pyrrole nitrogens is 1. The fourth-order valence-electron chi connectivity index (χ4n) is 4.21. The Bertz CT molecular complexity index is 1170. The highest BCUT2D eigenvalue weighted by Crippen LogP contribution is 2.33. The molecule has 1 aliphatic heterocycles. The van der Waals surface area contributed by atoms with Crippen molar-refractivity contribution >= 4 is 40.4 Å². The molecule has 36 heavy (non-hydrogen) atoms. The second-order valence-electron chi connectivity index (χ2n) is 9.74. The summed E-state index contributed by atoms with van der Waals surface area (Å²) in [6.07, 6.45) is 3.11. The average Bonchev–Trinajstić information content (AvgIpc) is 3.48. The van der Waals surface area contributed by atoms with Gasteiger partial charge in [0.2, 0.25) is 11.7 Å². The van der Waals surface area contributed by atoms with E-state index in [-0.39, 0.29) is 24.4 Å². The molecule has 5 N–H and O–H groups in total. The van der Waals surface area contributed by atoms with Crippen LogP contribution >= 0.6 is 0 Å². The maximum absolute atomic E-state index is 13.3. The molecule has 0 radical (unpaired) electrons. The molecule has 1 aliphatic carbocycles. The number of rotatable bonds is 11. The zero-order valence-corrected chi connectivity index (χ0v) is 20.4. The highest BCUT2D eigenvalue weighted by atomic mass is 16.2. The van der Waals surface area contributed by atoms with Crippen LogP contribution in [-0.4, -0.2) is 77.7 Å². The van der Waals surface area contributed by atoms with Crippen molar-refractivity contribution in [3.05, 3.63) is 36.0 Å². The van der Waals surface area contributed by atoms with Crippen molar-refractivity contribution in [1.82, 2.24) is 31.2 Å². The number of Topliss-reactive ketones (excluding diaryl/α,β-unsaturated/α-hetero) is 1. The van der Waals surface area contributed by atoms with Gasteiger partial charge < -0.3 is 31.2 Å². The minimum absolute atomic E-state index is 0.0697. The van der Waals surface area contributed by atoms with Gasteiger partial charge in [-0.2, -0.15) is 0 Å². The lowest BCUT2D eigenvalue weighted by Crippen LogP contribution is -2.58. The summed E-state index contributed by atoms with van der Waals surface area (Å²) >= 11 is 0. The van der Waals surface area contributed by atoms with Crippen LogP contribution < -0.4 is 21.3 Å². The molecule has 2 heterocycles. The third kappa shape index (κ3) is 5.84. The fraction of sp³-hybridized carbons (Fsp3) is 0.480. The van der Waals surface area contributed by atoms with Gasteiger partial charge in [-0.3, -0.25) is 19.2 Å². The van der Waals surface area contributed by atoms with Gasteiger partial charge in [-0.25, -0.2) is 4.79 Å². The van der Waals surface area contributed by atoms with Gasteiger partial charge in [-0.1, -0.05) is 32.0 Å². The molecule has 1 saturated heterocycles. The molecule has 5 amide bonds. The molecule has 11 heteroatoms. The van der Waals surface area contributed by atoms with E-state index >= 15 is 0 Å². The third-order valence-electron chi connectivity index (χ3n) is 6.37. The van der Waals surface area contributed by atoms with E-state index in [1.54, 1.807) is 6.20 Å². The summed E-state index contributed by atoms with van der Waals surface area (Å²) in [7, 11) is 0. The van der Waals surface area contributed by atoms with E-state index in [1.807, 2.05) is 38.1 Å². The number of nitrogens with zero attached hydrogens (tertiary/aromatic N) is 1. The summed E-state index contributed by atoms with van der Waals surface area (Å²) in [6, 6.07) is 4.89. The van der Waals surface area contributed by atoms with Crippen LogP contribution in [0.25, 0.3) is 10.9 Å². The summed E-state index contributed by atoms with van der Waals surface area (Å²) < 4.78 is 0. The van der Waals surface area contributed by atoms with Crippen LogP contribution in [0.4, 0.5) is 4.79 Å². The predicted octanol–water partition coefficient (Wildman–Crippen LogP) is 0.528. The first-order valence-corrected chi connectivity index (χ1v) is 12.3. The molecular formula is C25H32N6O5. The van der Waals surface area contributed by atoms with Gasteiger partial charge in [0, 0.05) is 36.7 Å². The van der Waals surface area contributed by atoms with Gasteiger partial charge in [-0.05, 0) is 30.7 Å². The zero-order valence-electron chi connectivity index (χ0n) is 20.4. The Kier molecular flexibility index (Phi) is 7.56. The number of nitrogens with one attached hydrogen (secondary N) is 5. The number of carbonyl (C=O) groups is 5. The number of urea groups is 1. The minimum Gasteiger partial charge on any atom is -0.360 e. The number of hydrogen-bond donors (Lipinski definition) is 5. The smallest absolute Gasteiger partial charge is 0.317 e. The Balaban J connectivity index is 1.48. The summed E-state index contributed by atoms with van der Waals surface area (Å²) in [5.74, 6) is -2.55. The first kappa shape index (κ1) is 25.2. The standard InChI is InChI=1S/C25H32N6O5/c1-14(2)11-28-24(35)21(32)19(13-31-10-9-26-25(31)36)29-23(34)20(15-7-8-15)30-22(33)17-12-27-18-6-4-3-5-16(17)18/h3-6,12,14-15,19-20,27H,7-11,13H2,1-2H3,(H,26,36)(H,28,35)(H,29,34)(H,30,33)/t19-,20?/m0/s1. The summed E-state index contributed by atoms with van der Waals surface area (Å²) in [5.41, 5.74) is 1.22. The Morgan fingerprint density at radius 2 is 1.86 bits per heavy atom. The van der Waals surface area contributed by atoms with E-state index in [9.17, 15) is 24.0 Å². The summed E-state index contributed by atoms with van der Waals surface area (Å²) in [4.78, 5) is 68.3. The van der Waals surface area contributed by atoms with Gasteiger partial charge in [0.25, 0.3) is 11.8 Å². The maximum Gasteiger partial charge on any atom is 0.317 e. The molecule has 2 aliphatic rings. The van der Waals surface area contributed by atoms with Crippen LogP contribution in [0.3, 0.4) is 0 Å². The molecule has 0 bridgehead atoms. The molecule has 11 nitrogen and oxygen atoms in total. The molecule has 2 fully saturated rings. The molecule has 1 aromatic heterocycles. The topological polar surface area (TPSA) is 152 Å². The number of para-hydroxylation sites is 1. The number of aromatic nitrogens is 1. The van der Waals surface area contributed by atoms with E-state index in [0.717, 1.165) is 23.7 Å². The van der Waals surface area contributed by atoms with Crippen molar-refractivity contribution in [3.63, 3.8) is 0 Å². The van der Waals surface area contributed by atoms with Gasteiger partial charge in [0.15, 0.2) is 0 Å². The number of aromatic amines is 1. The molecule has 192 valence electrons. The monoisotopic (exact) mass is 496 g/mol. The number of hydrogen-bond acceptors (Lipinski definition) is 5. The van der Waals surface area contributed by atoms with Crippen molar-refractivity contribution in [1.29, 1.82) is 0 Å². The Morgan fingerprint density at radius 3 is 2.53 bits per heavy atom. The zero-order chi connectivity index (χ0) is 25.8. The molecule has 1 aromatic carbocycles. The first-order chi connectivity index (χ1) is 17.2. The van der Waals surface area contributed by atoms with Gasteiger partial charge in [0.1, 0.15) is 12.1 Å². The second-order valence-corrected chi connectivity index (χ2v) is 9.74. The van der Waals surface area contributed by atoms with E-state index < -0.39 is 35.6 Å². The average molecular weight is 497 g/mol. The van der Waals surface area contributed by atoms with Crippen LogP contribution in [0, 0.1) is 11.8 Å². The maximum atomic E-state index is 13.3. The van der Waals surface area contributed by atoms with Gasteiger partial charge in [-0.15, -0.1) is 0 Å². The molecule has 2 atom stereocenters. The van der Waals surface area contributed by atoms with Crippen LogP contribution in [0.2, 0.25) is 0 Å². The van der Waals surface area contributed by atoms with E-state index in [1.165, 1.54) is 4.90 Å². The Morgan fingerprint density at radius 1 is 1.11 bits per heavy atom. The van der Waals surface area contributed by atoms with E-state index in [4.69, 9.17) is 0 Å². The Labute approximate surface area is 208 Å². The van der Waals surface area contributed by atoms with Crippen molar-refractivity contribution in [2.24, 2.45) is 11.8 Å². The lowest BCUT2D eigenvalue weighted by atomic mass is 10.1. The molecule has 4 rings (SSSR count). The number of carbonyl (C=O) groups excluding carboxylic acids is 5. The highest BCUT2D eigenvalue weighted by Gasteiger charge is 2.40. The SMILES string of the molecule is CC(C)CNC(=O)C(=O)[C@H](CN1CCNC1=O)NC(=O)C(NC(=O)c1c[nH]c2ccccc12)C1CC1. The number of amides is 5. The van der Waals surface area contributed by atoms with Crippen molar-refractivity contribution < 1.29 is 24.0 Å².